The van der Waals surface area contributed by atoms with Gasteiger partial charge in [0.25, 0.3) is 5.91 Å². The Morgan fingerprint density at radius 3 is 2.47 bits per heavy atom. The quantitative estimate of drug-likeness (QED) is 0.174. The number of anilines is 1. The minimum atomic E-state index is -0.461. The van der Waals surface area contributed by atoms with Gasteiger partial charge in [-0.2, -0.15) is 5.26 Å². The SMILES string of the molecule is N#CC(=Cc1ccccc1OCc1cccc2ccccc12)C(=O)Nc1ccc(I)cc1. The number of nitrogens with zero attached hydrogens (tertiary/aromatic N) is 1. The lowest BCUT2D eigenvalue weighted by molar-refractivity contribution is -0.112. The van der Waals surface area contributed by atoms with Crippen molar-refractivity contribution in [2.75, 3.05) is 5.32 Å². The number of benzene rings is 4. The molecule has 0 radical (unpaired) electrons. The molecule has 156 valence electrons. The smallest absolute Gasteiger partial charge is 0.266 e. The van der Waals surface area contributed by atoms with Crippen LogP contribution >= 0.6 is 22.6 Å². The number of para-hydroxylation sites is 1. The second-order valence-corrected chi connectivity index (χ2v) is 8.34. The molecule has 0 aromatic heterocycles. The summed E-state index contributed by atoms with van der Waals surface area (Å²) in [6.07, 6.45) is 1.56. The fraction of sp³-hybridized carbons (Fsp3) is 0.0370. The molecule has 0 fully saturated rings. The summed E-state index contributed by atoms with van der Waals surface area (Å²) in [5.74, 6) is 0.146. The van der Waals surface area contributed by atoms with Gasteiger partial charge in [0.15, 0.2) is 0 Å². The molecule has 4 rings (SSSR count). The topological polar surface area (TPSA) is 62.1 Å². The Morgan fingerprint density at radius 1 is 0.938 bits per heavy atom. The normalized spacial score (nSPS) is 11.1. The third-order valence-electron chi connectivity index (χ3n) is 4.95. The number of amides is 1. The van der Waals surface area contributed by atoms with Gasteiger partial charge in [0, 0.05) is 14.8 Å². The first-order chi connectivity index (χ1) is 15.6. The highest BCUT2D eigenvalue weighted by atomic mass is 127. The Morgan fingerprint density at radius 2 is 1.66 bits per heavy atom. The van der Waals surface area contributed by atoms with E-state index in [0.29, 0.717) is 23.6 Å². The predicted octanol–water partition coefficient (Wildman–Crippen LogP) is 6.57. The van der Waals surface area contributed by atoms with Gasteiger partial charge in [-0.3, -0.25) is 4.79 Å². The van der Waals surface area contributed by atoms with Crippen LogP contribution in [0.15, 0.2) is 96.6 Å². The lowest BCUT2D eigenvalue weighted by Gasteiger charge is -2.12. The van der Waals surface area contributed by atoms with Crippen molar-refractivity contribution in [1.29, 1.82) is 5.26 Å². The van der Waals surface area contributed by atoms with Gasteiger partial charge in [0.05, 0.1) is 0 Å². The number of halogens is 1. The van der Waals surface area contributed by atoms with Gasteiger partial charge in [0.2, 0.25) is 0 Å². The molecule has 0 unspecified atom stereocenters. The van der Waals surface area contributed by atoms with Crippen LogP contribution in [0.4, 0.5) is 5.69 Å². The summed E-state index contributed by atoms with van der Waals surface area (Å²) >= 11 is 2.20. The number of carbonyl (C=O) groups is 1. The second-order valence-electron chi connectivity index (χ2n) is 7.10. The lowest BCUT2D eigenvalue weighted by atomic mass is 10.1. The highest BCUT2D eigenvalue weighted by Gasteiger charge is 2.12. The van der Waals surface area contributed by atoms with Crippen molar-refractivity contribution in [3.8, 4) is 11.8 Å². The van der Waals surface area contributed by atoms with Crippen LogP contribution in [-0.2, 0) is 11.4 Å². The molecule has 0 atom stereocenters. The number of hydrogen-bond acceptors (Lipinski definition) is 3. The summed E-state index contributed by atoms with van der Waals surface area (Å²) in [5, 5.41) is 14.6. The minimum absolute atomic E-state index is 0.00441. The Kier molecular flexibility index (Phi) is 6.83. The zero-order valence-electron chi connectivity index (χ0n) is 17.1. The van der Waals surface area contributed by atoms with Crippen molar-refractivity contribution < 1.29 is 9.53 Å². The number of ether oxygens (including phenoxy) is 1. The van der Waals surface area contributed by atoms with E-state index in [1.807, 2.05) is 66.7 Å². The molecule has 32 heavy (non-hydrogen) atoms. The van der Waals surface area contributed by atoms with Crippen LogP contribution in [0.25, 0.3) is 16.8 Å². The van der Waals surface area contributed by atoms with Gasteiger partial charge < -0.3 is 10.1 Å². The van der Waals surface area contributed by atoms with Gasteiger partial charge in [-0.15, -0.1) is 0 Å². The molecular weight excluding hydrogens is 511 g/mol. The molecule has 0 saturated heterocycles. The van der Waals surface area contributed by atoms with E-state index in [1.165, 1.54) is 0 Å². The average Bonchev–Trinajstić information content (AvgIpc) is 2.83. The first-order valence-electron chi connectivity index (χ1n) is 10.0. The Labute approximate surface area is 200 Å². The fourth-order valence-corrected chi connectivity index (χ4v) is 3.70. The highest BCUT2D eigenvalue weighted by Crippen LogP contribution is 2.25. The summed E-state index contributed by atoms with van der Waals surface area (Å²) in [6.45, 7) is 0.378. The van der Waals surface area contributed by atoms with Gasteiger partial charge in [-0.1, -0.05) is 60.7 Å². The van der Waals surface area contributed by atoms with E-state index in [-0.39, 0.29) is 5.57 Å². The van der Waals surface area contributed by atoms with E-state index in [0.717, 1.165) is 19.9 Å². The maximum absolute atomic E-state index is 12.6. The molecular formula is C27H19IN2O2. The predicted molar refractivity (Wildman–Crippen MR) is 136 cm³/mol. The number of nitriles is 1. The maximum Gasteiger partial charge on any atom is 0.266 e. The van der Waals surface area contributed by atoms with Gasteiger partial charge in [-0.25, -0.2) is 0 Å². The Hall–Kier alpha value is -3.63. The first-order valence-corrected chi connectivity index (χ1v) is 11.1. The van der Waals surface area contributed by atoms with Crippen LogP contribution in [0.3, 0.4) is 0 Å². The molecule has 0 aliphatic carbocycles. The van der Waals surface area contributed by atoms with Gasteiger partial charge in [-0.05, 0) is 75.3 Å². The van der Waals surface area contributed by atoms with E-state index in [9.17, 15) is 10.1 Å². The molecule has 0 aliphatic rings. The van der Waals surface area contributed by atoms with Gasteiger partial charge in [0.1, 0.15) is 24.0 Å². The van der Waals surface area contributed by atoms with E-state index in [4.69, 9.17) is 4.74 Å². The van der Waals surface area contributed by atoms with E-state index < -0.39 is 5.91 Å². The summed E-state index contributed by atoms with van der Waals surface area (Å²) < 4.78 is 7.17. The van der Waals surface area contributed by atoms with E-state index in [1.54, 1.807) is 18.2 Å². The Balaban J connectivity index is 1.55. The summed E-state index contributed by atoms with van der Waals surface area (Å²) in [6, 6.07) is 31.0. The fourth-order valence-electron chi connectivity index (χ4n) is 3.34. The van der Waals surface area contributed by atoms with Crippen molar-refractivity contribution in [2.45, 2.75) is 6.61 Å². The van der Waals surface area contributed by atoms with Crippen LogP contribution in [-0.4, -0.2) is 5.91 Å². The van der Waals surface area contributed by atoms with Crippen LogP contribution < -0.4 is 10.1 Å². The molecule has 4 nitrogen and oxygen atoms in total. The van der Waals surface area contributed by atoms with Gasteiger partial charge >= 0.3 is 0 Å². The molecule has 1 amide bonds. The molecule has 0 saturated carbocycles. The molecule has 5 heteroatoms. The zero-order chi connectivity index (χ0) is 22.3. The zero-order valence-corrected chi connectivity index (χ0v) is 19.2. The van der Waals surface area contributed by atoms with Crippen LogP contribution in [0.1, 0.15) is 11.1 Å². The summed E-state index contributed by atoms with van der Waals surface area (Å²) in [7, 11) is 0. The van der Waals surface area contributed by atoms with Crippen molar-refractivity contribution in [3.63, 3.8) is 0 Å². The molecule has 0 bridgehead atoms. The van der Waals surface area contributed by atoms with E-state index >= 15 is 0 Å². The number of nitrogens with one attached hydrogen (secondary N) is 1. The first kappa shape index (κ1) is 21.6. The second kappa shape index (κ2) is 10.1. The molecule has 0 heterocycles. The highest BCUT2D eigenvalue weighted by molar-refractivity contribution is 14.1. The monoisotopic (exact) mass is 530 g/mol. The number of carbonyl (C=O) groups excluding carboxylic acids is 1. The van der Waals surface area contributed by atoms with Crippen molar-refractivity contribution in [1.82, 2.24) is 0 Å². The third kappa shape index (κ3) is 5.16. The average molecular weight is 530 g/mol. The molecule has 1 N–H and O–H groups in total. The van der Waals surface area contributed by atoms with Crippen LogP contribution in [0, 0.1) is 14.9 Å². The standard InChI is InChI=1S/C27H19IN2O2/c28-23-12-14-24(15-13-23)30-27(31)22(17-29)16-20-7-2-4-11-26(20)32-18-21-9-5-8-19-6-1-3-10-25(19)21/h1-16H,18H2,(H,30,31). The molecule has 4 aromatic rings. The van der Waals surface area contributed by atoms with Crippen molar-refractivity contribution in [3.05, 3.63) is 111 Å². The summed E-state index contributed by atoms with van der Waals surface area (Å²) in [5.41, 5.74) is 2.38. The molecule has 4 aromatic carbocycles. The van der Waals surface area contributed by atoms with Crippen molar-refractivity contribution >= 4 is 51.0 Å². The number of fused-ring (bicyclic) bond motifs is 1. The largest absolute Gasteiger partial charge is 0.488 e. The summed E-state index contributed by atoms with van der Waals surface area (Å²) in [4.78, 5) is 12.6. The maximum atomic E-state index is 12.6. The van der Waals surface area contributed by atoms with Crippen LogP contribution in [0.2, 0.25) is 0 Å². The lowest BCUT2D eigenvalue weighted by Crippen LogP contribution is -2.13. The molecule has 0 spiro atoms. The Bertz CT molecular complexity index is 1330. The number of hydrogen-bond donors (Lipinski definition) is 1. The number of rotatable bonds is 6. The van der Waals surface area contributed by atoms with Crippen LogP contribution in [0.5, 0.6) is 5.75 Å². The molecule has 0 aliphatic heterocycles. The minimum Gasteiger partial charge on any atom is -0.488 e. The third-order valence-corrected chi connectivity index (χ3v) is 5.67. The van der Waals surface area contributed by atoms with Crippen molar-refractivity contribution in [2.24, 2.45) is 0 Å². The van der Waals surface area contributed by atoms with E-state index in [2.05, 4.69) is 46.1 Å².